The molecular weight excluding hydrogens is 228 g/mol. The highest BCUT2D eigenvalue weighted by Gasteiger charge is 2.28. The van der Waals surface area contributed by atoms with Crippen LogP contribution in [0.1, 0.15) is 36.3 Å². The number of rotatable bonds is 3. The number of fused-ring (bicyclic) bond motifs is 1. The summed E-state index contributed by atoms with van der Waals surface area (Å²) < 4.78 is 5.63. The fraction of sp³-hybridized carbons (Fsp3) is 0.357. The zero-order valence-electron chi connectivity index (χ0n) is 10.3. The third kappa shape index (κ3) is 1.74. The van der Waals surface area contributed by atoms with Crippen LogP contribution >= 0.6 is 0 Å². The van der Waals surface area contributed by atoms with Gasteiger partial charge in [0.25, 0.3) is 0 Å². The lowest BCUT2D eigenvalue weighted by molar-refractivity contribution is 0.339. The number of nitrogens with one attached hydrogen (secondary N) is 1. The fourth-order valence-corrected chi connectivity index (χ4v) is 2.40. The van der Waals surface area contributed by atoms with Crippen molar-refractivity contribution in [1.82, 2.24) is 9.97 Å². The molecule has 18 heavy (non-hydrogen) atoms. The molecule has 1 atom stereocenters. The molecule has 0 saturated heterocycles. The van der Waals surface area contributed by atoms with Crippen molar-refractivity contribution >= 4 is 0 Å². The van der Waals surface area contributed by atoms with Gasteiger partial charge in [-0.15, -0.1) is 0 Å². The summed E-state index contributed by atoms with van der Waals surface area (Å²) in [5.74, 6) is 1.92. The summed E-state index contributed by atoms with van der Waals surface area (Å²) in [5, 5.41) is 9.79. The number of hydrogen-bond donors (Lipinski definition) is 2. The first kappa shape index (κ1) is 11.1. The minimum Gasteiger partial charge on any atom is -0.492 e. The Morgan fingerprint density at radius 3 is 3.11 bits per heavy atom. The van der Waals surface area contributed by atoms with Gasteiger partial charge in [0.05, 0.1) is 11.6 Å². The van der Waals surface area contributed by atoms with Crippen LogP contribution in [0.15, 0.2) is 24.3 Å². The highest BCUT2D eigenvalue weighted by atomic mass is 16.5. The van der Waals surface area contributed by atoms with E-state index in [-0.39, 0.29) is 11.8 Å². The van der Waals surface area contributed by atoms with Gasteiger partial charge in [-0.25, -0.2) is 0 Å². The van der Waals surface area contributed by atoms with Gasteiger partial charge in [0.1, 0.15) is 18.2 Å². The largest absolute Gasteiger partial charge is 0.492 e. The molecule has 4 heteroatoms. The maximum absolute atomic E-state index is 9.79. The smallest absolute Gasteiger partial charge is 0.232 e. The lowest BCUT2D eigenvalue weighted by Gasteiger charge is -2.04. The standard InChI is InChI=1S/C14H16N2O2/c1-2-5-11-14(17)16-13(15-11)10-8-18-12-7-4-3-6-9(10)12/h3-4,6-7,10,17H,2,5,8H2,1H3,(H,15,16). The van der Waals surface area contributed by atoms with Gasteiger partial charge in [-0.05, 0) is 12.5 Å². The van der Waals surface area contributed by atoms with E-state index < -0.39 is 0 Å². The molecule has 1 aliphatic rings. The predicted molar refractivity (Wildman–Crippen MR) is 68.0 cm³/mol. The molecule has 0 spiro atoms. The molecule has 0 radical (unpaired) electrons. The third-order valence-corrected chi connectivity index (χ3v) is 3.31. The van der Waals surface area contributed by atoms with Crippen LogP contribution in [-0.4, -0.2) is 21.7 Å². The molecule has 2 N–H and O–H groups in total. The van der Waals surface area contributed by atoms with E-state index in [0.29, 0.717) is 6.61 Å². The fourth-order valence-electron chi connectivity index (χ4n) is 2.40. The molecule has 0 amide bonds. The summed E-state index contributed by atoms with van der Waals surface area (Å²) in [6, 6.07) is 7.97. The van der Waals surface area contributed by atoms with E-state index in [0.717, 1.165) is 35.7 Å². The topological polar surface area (TPSA) is 58.1 Å². The van der Waals surface area contributed by atoms with E-state index in [1.165, 1.54) is 0 Å². The molecule has 1 aromatic heterocycles. The number of aromatic amines is 1. The minimum absolute atomic E-state index is 0.0951. The highest BCUT2D eigenvalue weighted by Crippen LogP contribution is 2.37. The number of aromatic hydroxyl groups is 1. The van der Waals surface area contributed by atoms with Crippen molar-refractivity contribution in [2.45, 2.75) is 25.7 Å². The normalized spacial score (nSPS) is 17.5. The molecular formula is C14H16N2O2. The summed E-state index contributed by atoms with van der Waals surface area (Å²) >= 11 is 0. The number of aromatic nitrogens is 2. The van der Waals surface area contributed by atoms with Gasteiger partial charge in [0, 0.05) is 5.56 Å². The lowest BCUT2D eigenvalue weighted by Crippen LogP contribution is -2.04. The van der Waals surface area contributed by atoms with E-state index in [4.69, 9.17) is 4.74 Å². The van der Waals surface area contributed by atoms with Crippen LogP contribution in [0.25, 0.3) is 0 Å². The lowest BCUT2D eigenvalue weighted by atomic mass is 10.0. The second kappa shape index (κ2) is 4.37. The number of aryl methyl sites for hydroxylation is 1. The Bertz CT molecular complexity index is 563. The average Bonchev–Trinajstić information content (AvgIpc) is 2.94. The molecule has 2 heterocycles. The second-order valence-corrected chi connectivity index (χ2v) is 4.58. The first-order valence-corrected chi connectivity index (χ1v) is 6.29. The van der Waals surface area contributed by atoms with Gasteiger partial charge in [-0.2, -0.15) is 4.98 Å². The summed E-state index contributed by atoms with van der Waals surface area (Å²) in [6.45, 7) is 2.66. The molecule has 3 rings (SSSR count). The van der Waals surface area contributed by atoms with Crippen molar-refractivity contribution < 1.29 is 9.84 Å². The first-order chi connectivity index (χ1) is 8.79. The Morgan fingerprint density at radius 2 is 2.28 bits per heavy atom. The van der Waals surface area contributed by atoms with Gasteiger partial charge in [0.15, 0.2) is 0 Å². The van der Waals surface area contributed by atoms with Gasteiger partial charge in [0.2, 0.25) is 5.88 Å². The monoisotopic (exact) mass is 244 g/mol. The van der Waals surface area contributed by atoms with Gasteiger partial charge < -0.3 is 14.8 Å². The van der Waals surface area contributed by atoms with Crippen LogP contribution in [0.2, 0.25) is 0 Å². The summed E-state index contributed by atoms with van der Waals surface area (Å²) in [7, 11) is 0. The zero-order chi connectivity index (χ0) is 12.5. The summed E-state index contributed by atoms with van der Waals surface area (Å²) in [6.07, 6.45) is 1.79. The molecule has 1 unspecified atom stereocenters. The van der Waals surface area contributed by atoms with E-state index in [1.54, 1.807) is 0 Å². The van der Waals surface area contributed by atoms with Crippen LogP contribution in [0, 0.1) is 0 Å². The van der Waals surface area contributed by atoms with Gasteiger partial charge in [-0.3, -0.25) is 0 Å². The Balaban J connectivity index is 1.95. The van der Waals surface area contributed by atoms with Gasteiger partial charge >= 0.3 is 0 Å². The van der Waals surface area contributed by atoms with Crippen molar-refractivity contribution in [2.24, 2.45) is 0 Å². The van der Waals surface area contributed by atoms with Crippen molar-refractivity contribution in [1.29, 1.82) is 0 Å². The van der Waals surface area contributed by atoms with Crippen LogP contribution in [0.5, 0.6) is 11.6 Å². The van der Waals surface area contributed by atoms with Crippen molar-refractivity contribution in [2.75, 3.05) is 6.61 Å². The summed E-state index contributed by atoms with van der Waals surface area (Å²) in [5.41, 5.74) is 1.95. The molecule has 0 bridgehead atoms. The maximum atomic E-state index is 9.79. The van der Waals surface area contributed by atoms with Crippen LogP contribution in [0.3, 0.4) is 0 Å². The number of H-pyrrole nitrogens is 1. The molecule has 4 nitrogen and oxygen atoms in total. The van der Waals surface area contributed by atoms with Gasteiger partial charge in [-0.1, -0.05) is 31.5 Å². The number of para-hydroxylation sites is 1. The number of benzene rings is 1. The van der Waals surface area contributed by atoms with Crippen molar-refractivity contribution in [3.63, 3.8) is 0 Å². The third-order valence-electron chi connectivity index (χ3n) is 3.31. The Kier molecular flexibility index (Phi) is 2.70. The number of nitrogens with zero attached hydrogens (tertiary/aromatic N) is 1. The van der Waals surface area contributed by atoms with Crippen LogP contribution in [0.4, 0.5) is 0 Å². The summed E-state index contributed by atoms with van der Waals surface area (Å²) in [4.78, 5) is 7.45. The quantitative estimate of drug-likeness (QED) is 0.872. The average molecular weight is 244 g/mol. The second-order valence-electron chi connectivity index (χ2n) is 4.58. The highest BCUT2D eigenvalue weighted by molar-refractivity contribution is 5.43. The molecule has 94 valence electrons. The number of imidazole rings is 1. The number of hydrogen-bond acceptors (Lipinski definition) is 3. The molecule has 0 saturated carbocycles. The van der Waals surface area contributed by atoms with E-state index in [9.17, 15) is 5.11 Å². The van der Waals surface area contributed by atoms with Crippen molar-refractivity contribution in [3.8, 4) is 11.6 Å². The SMILES string of the molecule is CCCc1[nH]c(C2COc3ccccc32)nc1O. The van der Waals surface area contributed by atoms with E-state index >= 15 is 0 Å². The number of ether oxygens (including phenoxy) is 1. The van der Waals surface area contributed by atoms with Crippen molar-refractivity contribution in [3.05, 3.63) is 41.3 Å². The molecule has 0 aliphatic carbocycles. The first-order valence-electron chi connectivity index (χ1n) is 6.29. The van der Waals surface area contributed by atoms with E-state index in [1.807, 2.05) is 24.3 Å². The predicted octanol–water partition coefficient (Wildman–Crippen LogP) is 2.59. The Labute approximate surface area is 106 Å². The van der Waals surface area contributed by atoms with Crippen LogP contribution in [-0.2, 0) is 6.42 Å². The van der Waals surface area contributed by atoms with E-state index in [2.05, 4.69) is 16.9 Å². The molecule has 1 aromatic carbocycles. The molecule has 0 fully saturated rings. The zero-order valence-corrected chi connectivity index (χ0v) is 10.3. The Morgan fingerprint density at radius 1 is 1.44 bits per heavy atom. The minimum atomic E-state index is 0.0951. The van der Waals surface area contributed by atoms with Crippen LogP contribution < -0.4 is 4.74 Å². The maximum Gasteiger partial charge on any atom is 0.232 e. The molecule has 1 aliphatic heterocycles. The Hall–Kier alpha value is -1.97. The molecule has 2 aromatic rings.